The lowest BCUT2D eigenvalue weighted by atomic mass is 10.1. The van der Waals surface area contributed by atoms with Crippen molar-refractivity contribution < 1.29 is 9.21 Å². The number of anilines is 1. The molecule has 6 heteroatoms. The highest BCUT2D eigenvalue weighted by Crippen LogP contribution is 2.34. The van der Waals surface area contributed by atoms with Crippen LogP contribution >= 0.6 is 0 Å². The summed E-state index contributed by atoms with van der Waals surface area (Å²) in [5, 5.41) is 8.22. The Morgan fingerprint density at radius 3 is 2.95 bits per heavy atom. The average Bonchev–Trinajstić information content (AvgIpc) is 3.07. The van der Waals surface area contributed by atoms with Gasteiger partial charge < -0.3 is 9.73 Å². The number of nitrogens with one attached hydrogen (secondary N) is 1. The lowest BCUT2D eigenvalue weighted by Gasteiger charge is -2.08. The van der Waals surface area contributed by atoms with Gasteiger partial charge >= 0.3 is 0 Å². The summed E-state index contributed by atoms with van der Waals surface area (Å²) in [5.74, 6) is 0.913. The van der Waals surface area contributed by atoms with Crippen LogP contribution in [0.3, 0.4) is 0 Å². The Morgan fingerprint density at radius 1 is 1.38 bits per heavy atom. The first kappa shape index (κ1) is 12.1. The van der Waals surface area contributed by atoms with Gasteiger partial charge in [-0.05, 0) is 25.0 Å². The van der Waals surface area contributed by atoms with Crippen molar-refractivity contribution in [3.8, 4) is 11.3 Å². The lowest BCUT2D eigenvalue weighted by Crippen LogP contribution is -2.13. The molecule has 106 valence electrons. The number of nitrogens with zero attached hydrogens (tertiary/aromatic N) is 3. The molecule has 0 saturated heterocycles. The molecule has 1 amide bonds. The molecule has 1 fully saturated rings. The van der Waals surface area contributed by atoms with Crippen LogP contribution in [0.1, 0.15) is 12.8 Å². The maximum Gasteiger partial charge on any atom is 0.227 e. The van der Waals surface area contributed by atoms with Crippen molar-refractivity contribution in [2.75, 3.05) is 5.32 Å². The minimum absolute atomic E-state index is 0.0834. The van der Waals surface area contributed by atoms with Crippen LogP contribution in [0.2, 0.25) is 0 Å². The molecule has 1 aliphatic carbocycles. The molecular weight excluding hydrogens is 268 g/mol. The number of aromatic nitrogens is 3. The van der Waals surface area contributed by atoms with Gasteiger partial charge in [-0.2, -0.15) is 5.10 Å². The number of benzene rings is 1. The largest absolute Gasteiger partial charge is 0.443 e. The number of oxazole rings is 1. The second-order valence-electron chi connectivity index (χ2n) is 5.35. The van der Waals surface area contributed by atoms with E-state index in [1.165, 1.54) is 6.39 Å². The SMILES string of the molecule is Cn1ncc2c(-c3cnco3)cc(NC(=O)C3CC3)cc21. The number of hydrogen-bond donors (Lipinski definition) is 1. The number of rotatable bonds is 3. The number of hydrogen-bond acceptors (Lipinski definition) is 4. The highest BCUT2D eigenvalue weighted by molar-refractivity contribution is 6.00. The molecule has 0 spiro atoms. The normalized spacial score (nSPS) is 14.5. The Kier molecular flexibility index (Phi) is 2.57. The van der Waals surface area contributed by atoms with Crippen molar-refractivity contribution >= 4 is 22.5 Å². The molecule has 1 N–H and O–H groups in total. The van der Waals surface area contributed by atoms with E-state index in [9.17, 15) is 4.79 Å². The molecule has 6 nitrogen and oxygen atoms in total. The maximum atomic E-state index is 12.0. The van der Waals surface area contributed by atoms with Gasteiger partial charge in [-0.1, -0.05) is 0 Å². The van der Waals surface area contributed by atoms with Crippen LogP contribution in [0.5, 0.6) is 0 Å². The summed E-state index contributed by atoms with van der Waals surface area (Å²) in [6.45, 7) is 0. The van der Waals surface area contributed by atoms with E-state index < -0.39 is 0 Å². The Bertz CT molecular complexity index is 816. The van der Waals surface area contributed by atoms with Gasteiger partial charge in [-0.3, -0.25) is 9.48 Å². The van der Waals surface area contributed by atoms with Gasteiger partial charge in [0.2, 0.25) is 5.91 Å². The molecule has 1 aliphatic rings. The van der Waals surface area contributed by atoms with E-state index >= 15 is 0 Å². The van der Waals surface area contributed by atoms with Crippen molar-refractivity contribution in [1.29, 1.82) is 0 Å². The van der Waals surface area contributed by atoms with Gasteiger partial charge in [0.1, 0.15) is 0 Å². The maximum absolute atomic E-state index is 12.0. The fraction of sp³-hybridized carbons (Fsp3) is 0.267. The first-order valence-electron chi connectivity index (χ1n) is 6.88. The third-order valence-electron chi connectivity index (χ3n) is 3.78. The molecule has 4 rings (SSSR count). The van der Waals surface area contributed by atoms with Crippen molar-refractivity contribution in [2.24, 2.45) is 13.0 Å². The Hall–Kier alpha value is -2.63. The van der Waals surface area contributed by atoms with Gasteiger partial charge in [0, 0.05) is 29.6 Å². The molecule has 1 saturated carbocycles. The standard InChI is InChI=1S/C15H14N4O2/c1-19-13-5-10(18-15(20)9-2-3-9)4-11(12(13)6-17-19)14-7-16-8-21-14/h4-9H,2-3H2,1H3,(H,18,20). The predicted molar refractivity (Wildman–Crippen MR) is 77.6 cm³/mol. The van der Waals surface area contributed by atoms with Crippen LogP contribution in [0.4, 0.5) is 5.69 Å². The second kappa shape index (κ2) is 4.44. The zero-order valence-corrected chi connectivity index (χ0v) is 11.5. The molecule has 2 aromatic heterocycles. The van der Waals surface area contributed by atoms with E-state index in [1.807, 2.05) is 19.2 Å². The van der Waals surface area contributed by atoms with Crippen molar-refractivity contribution in [1.82, 2.24) is 14.8 Å². The van der Waals surface area contributed by atoms with Crippen LogP contribution in [0.25, 0.3) is 22.2 Å². The predicted octanol–water partition coefficient (Wildman–Crippen LogP) is 2.58. The molecule has 2 heterocycles. The minimum atomic E-state index is 0.0834. The zero-order chi connectivity index (χ0) is 14.4. The van der Waals surface area contributed by atoms with E-state index in [2.05, 4.69) is 15.4 Å². The Balaban J connectivity index is 1.84. The minimum Gasteiger partial charge on any atom is -0.443 e. The summed E-state index contributed by atoms with van der Waals surface area (Å²) in [4.78, 5) is 15.9. The van der Waals surface area contributed by atoms with E-state index in [1.54, 1.807) is 17.1 Å². The molecule has 0 atom stereocenters. The Morgan fingerprint density at radius 2 is 2.24 bits per heavy atom. The third kappa shape index (κ3) is 2.08. The number of amides is 1. The molecule has 0 aliphatic heterocycles. The van der Waals surface area contributed by atoms with Crippen LogP contribution in [0, 0.1) is 5.92 Å². The van der Waals surface area contributed by atoms with Gasteiger partial charge in [0.15, 0.2) is 12.2 Å². The van der Waals surface area contributed by atoms with Crippen molar-refractivity contribution in [2.45, 2.75) is 12.8 Å². The topological polar surface area (TPSA) is 73.0 Å². The summed E-state index contributed by atoms with van der Waals surface area (Å²) in [6, 6.07) is 3.84. The summed E-state index contributed by atoms with van der Waals surface area (Å²) < 4.78 is 7.18. The van der Waals surface area contributed by atoms with Crippen LogP contribution in [0.15, 0.2) is 35.3 Å². The molecule has 3 aromatic rings. The lowest BCUT2D eigenvalue weighted by molar-refractivity contribution is -0.117. The number of carbonyl (C=O) groups excluding carboxylic acids is 1. The third-order valence-corrected chi connectivity index (χ3v) is 3.78. The molecule has 0 bridgehead atoms. The van der Waals surface area contributed by atoms with Crippen molar-refractivity contribution in [3.05, 3.63) is 30.9 Å². The summed E-state index contributed by atoms with van der Waals surface area (Å²) in [6.07, 6.45) is 6.81. The highest BCUT2D eigenvalue weighted by atomic mass is 16.3. The Labute approximate surface area is 120 Å². The number of fused-ring (bicyclic) bond motifs is 1. The van der Waals surface area contributed by atoms with Gasteiger partial charge in [-0.25, -0.2) is 4.98 Å². The second-order valence-corrected chi connectivity index (χ2v) is 5.35. The van der Waals surface area contributed by atoms with Crippen LogP contribution in [-0.4, -0.2) is 20.7 Å². The molecule has 0 radical (unpaired) electrons. The van der Waals surface area contributed by atoms with Gasteiger partial charge in [0.25, 0.3) is 0 Å². The molecule has 1 aromatic carbocycles. The molecule has 21 heavy (non-hydrogen) atoms. The first-order chi connectivity index (χ1) is 10.2. The molecule has 0 unspecified atom stereocenters. The van der Waals surface area contributed by atoms with E-state index in [0.29, 0.717) is 5.76 Å². The number of carbonyl (C=O) groups is 1. The fourth-order valence-corrected chi connectivity index (χ4v) is 2.46. The van der Waals surface area contributed by atoms with Crippen LogP contribution < -0.4 is 5.32 Å². The fourth-order valence-electron chi connectivity index (χ4n) is 2.46. The van der Waals surface area contributed by atoms with Gasteiger partial charge in [0.05, 0.1) is 17.9 Å². The monoisotopic (exact) mass is 282 g/mol. The quantitative estimate of drug-likeness (QED) is 0.801. The zero-order valence-electron chi connectivity index (χ0n) is 11.5. The van der Waals surface area contributed by atoms with Crippen molar-refractivity contribution in [3.63, 3.8) is 0 Å². The summed E-state index contributed by atoms with van der Waals surface area (Å²) >= 11 is 0. The summed E-state index contributed by atoms with van der Waals surface area (Å²) in [7, 11) is 1.87. The van der Waals surface area contributed by atoms with Crippen LogP contribution in [-0.2, 0) is 11.8 Å². The number of aryl methyl sites for hydroxylation is 1. The average molecular weight is 282 g/mol. The highest BCUT2D eigenvalue weighted by Gasteiger charge is 2.29. The van der Waals surface area contributed by atoms with E-state index in [4.69, 9.17) is 4.42 Å². The van der Waals surface area contributed by atoms with Gasteiger partial charge in [-0.15, -0.1) is 0 Å². The first-order valence-corrected chi connectivity index (χ1v) is 6.88. The smallest absolute Gasteiger partial charge is 0.227 e. The summed E-state index contributed by atoms with van der Waals surface area (Å²) in [5.41, 5.74) is 2.58. The van der Waals surface area contributed by atoms with E-state index in [0.717, 1.165) is 35.0 Å². The molecular formula is C15H14N4O2. The van der Waals surface area contributed by atoms with E-state index in [-0.39, 0.29) is 11.8 Å².